The second-order valence-electron chi connectivity index (χ2n) is 4.38. The van der Waals surface area contributed by atoms with Gasteiger partial charge in [-0.3, -0.25) is 0 Å². The fraction of sp³-hybridized carbons (Fsp3) is 0.455. The molecule has 1 atom stereocenters. The lowest BCUT2D eigenvalue weighted by molar-refractivity contribution is 0.0411. The van der Waals surface area contributed by atoms with Crippen LogP contribution in [0.15, 0.2) is 6.20 Å². The van der Waals surface area contributed by atoms with Gasteiger partial charge in [0.2, 0.25) is 0 Å². The number of carboxylic acid groups (broad SMARTS) is 1. The molecule has 0 saturated carbocycles. The smallest absolute Gasteiger partial charge is 0.404 e. The summed E-state index contributed by atoms with van der Waals surface area (Å²) in [7, 11) is 0. The van der Waals surface area contributed by atoms with E-state index in [1.54, 1.807) is 0 Å². The molecule has 1 saturated heterocycles. The molecule has 8 nitrogen and oxygen atoms in total. The number of nitrogens with one attached hydrogen (secondary N) is 1. The van der Waals surface area contributed by atoms with E-state index in [9.17, 15) is 4.79 Å². The van der Waals surface area contributed by atoms with Crippen molar-refractivity contribution in [2.24, 2.45) is 0 Å². The molecular weight excluding hydrogens is 286 g/mol. The fourth-order valence-electron chi connectivity index (χ4n) is 2.08. The van der Waals surface area contributed by atoms with Crippen LogP contribution in [-0.4, -0.2) is 48.5 Å². The van der Waals surface area contributed by atoms with E-state index in [4.69, 9.17) is 32.9 Å². The zero-order valence-corrected chi connectivity index (χ0v) is 11.4. The number of nitrogens with zero attached hydrogens (tertiary/aromatic N) is 2. The number of carbonyl (C=O) groups is 1. The van der Waals surface area contributed by atoms with Gasteiger partial charge in [0.05, 0.1) is 35.3 Å². The van der Waals surface area contributed by atoms with Crippen LogP contribution < -0.4 is 21.7 Å². The lowest BCUT2D eigenvalue weighted by atomic mass is 10.2. The van der Waals surface area contributed by atoms with E-state index in [2.05, 4.69) is 10.3 Å². The van der Waals surface area contributed by atoms with Crippen molar-refractivity contribution in [3.8, 4) is 0 Å². The van der Waals surface area contributed by atoms with Crippen molar-refractivity contribution in [2.75, 3.05) is 42.6 Å². The second kappa shape index (κ2) is 6.02. The average molecular weight is 302 g/mol. The summed E-state index contributed by atoms with van der Waals surface area (Å²) in [6, 6.07) is 0. The van der Waals surface area contributed by atoms with Crippen LogP contribution in [0, 0.1) is 0 Å². The van der Waals surface area contributed by atoms with Gasteiger partial charge in [-0.2, -0.15) is 0 Å². The van der Waals surface area contributed by atoms with Crippen LogP contribution in [0.1, 0.15) is 0 Å². The van der Waals surface area contributed by atoms with Crippen LogP contribution >= 0.6 is 11.6 Å². The highest BCUT2D eigenvalue weighted by Crippen LogP contribution is 2.35. The third-order valence-electron chi connectivity index (χ3n) is 3.01. The zero-order valence-electron chi connectivity index (χ0n) is 10.7. The Bertz CT molecular complexity index is 513. The summed E-state index contributed by atoms with van der Waals surface area (Å²) in [5.41, 5.74) is 12.5. The van der Waals surface area contributed by atoms with E-state index in [0.29, 0.717) is 36.1 Å². The van der Waals surface area contributed by atoms with Gasteiger partial charge in [0.25, 0.3) is 0 Å². The summed E-state index contributed by atoms with van der Waals surface area (Å²) in [4.78, 5) is 16.3. The summed E-state index contributed by atoms with van der Waals surface area (Å²) >= 11 is 6.12. The first-order valence-corrected chi connectivity index (χ1v) is 6.39. The van der Waals surface area contributed by atoms with Gasteiger partial charge >= 0.3 is 6.09 Å². The minimum Gasteiger partial charge on any atom is -0.465 e. The Labute approximate surface area is 120 Å². The van der Waals surface area contributed by atoms with Crippen molar-refractivity contribution in [1.82, 2.24) is 10.3 Å². The van der Waals surface area contributed by atoms with Gasteiger partial charge in [-0.1, -0.05) is 11.6 Å². The maximum atomic E-state index is 10.5. The number of morpholine rings is 1. The first kappa shape index (κ1) is 14.5. The molecule has 1 aliphatic heterocycles. The van der Waals surface area contributed by atoms with Gasteiger partial charge in [0.15, 0.2) is 0 Å². The molecule has 0 bridgehead atoms. The molecule has 1 fully saturated rings. The number of nitrogens with two attached hydrogens (primary N) is 2. The molecule has 20 heavy (non-hydrogen) atoms. The SMILES string of the molecule is Nc1ncc(Cl)c(N2CCOC(CNC(=O)O)C2)c1N. The molecular formula is C11H16ClN5O3. The third kappa shape index (κ3) is 3.14. The molecule has 1 aromatic rings. The lowest BCUT2D eigenvalue weighted by Gasteiger charge is -2.35. The van der Waals surface area contributed by atoms with Crippen molar-refractivity contribution < 1.29 is 14.6 Å². The Balaban J connectivity index is 2.13. The maximum absolute atomic E-state index is 10.5. The first-order valence-electron chi connectivity index (χ1n) is 6.02. The molecule has 1 amide bonds. The van der Waals surface area contributed by atoms with Crippen LogP contribution in [0.2, 0.25) is 5.02 Å². The van der Waals surface area contributed by atoms with E-state index in [1.807, 2.05) is 4.90 Å². The molecule has 6 N–H and O–H groups in total. The molecule has 1 unspecified atom stereocenters. The summed E-state index contributed by atoms with van der Waals surface area (Å²) < 4.78 is 5.49. The van der Waals surface area contributed by atoms with Gasteiger partial charge in [-0.15, -0.1) is 0 Å². The highest BCUT2D eigenvalue weighted by Gasteiger charge is 2.25. The van der Waals surface area contributed by atoms with E-state index < -0.39 is 6.09 Å². The van der Waals surface area contributed by atoms with Crippen molar-refractivity contribution in [3.63, 3.8) is 0 Å². The Morgan fingerprint density at radius 3 is 3.10 bits per heavy atom. The summed E-state index contributed by atoms with van der Waals surface area (Å²) in [6.45, 7) is 1.71. The molecule has 0 aromatic carbocycles. The Hall–Kier alpha value is -1.93. The van der Waals surface area contributed by atoms with Gasteiger partial charge in [0, 0.05) is 19.6 Å². The van der Waals surface area contributed by atoms with Crippen LogP contribution in [0.25, 0.3) is 0 Å². The molecule has 1 aromatic heterocycles. The number of halogens is 1. The topological polar surface area (TPSA) is 127 Å². The molecule has 2 heterocycles. The standard InChI is InChI=1S/C11H16ClN5O3/c12-7-4-15-10(14)8(13)9(7)17-1-2-20-6(5-17)3-16-11(18)19/h4,6,16H,1-3,5,13H2,(H2,14,15)(H,18,19). The molecule has 9 heteroatoms. The minimum absolute atomic E-state index is 0.198. The largest absolute Gasteiger partial charge is 0.465 e. The van der Waals surface area contributed by atoms with Crippen molar-refractivity contribution in [2.45, 2.75) is 6.10 Å². The number of amides is 1. The quantitative estimate of drug-likeness (QED) is 0.635. The second-order valence-corrected chi connectivity index (χ2v) is 4.79. The number of ether oxygens (including phenoxy) is 1. The predicted octanol–water partition coefficient (Wildman–Crippen LogP) is 0.372. The number of anilines is 3. The lowest BCUT2D eigenvalue weighted by Crippen LogP contribution is -2.47. The summed E-state index contributed by atoms with van der Waals surface area (Å²) in [6.07, 6.45) is 0.0869. The number of hydrogen-bond donors (Lipinski definition) is 4. The van der Waals surface area contributed by atoms with E-state index in [1.165, 1.54) is 6.20 Å². The number of hydrogen-bond acceptors (Lipinski definition) is 6. The predicted molar refractivity (Wildman–Crippen MR) is 76.1 cm³/mol. The van der Waals surface area contributed by atoms with Crippen molar-refractivity contribution >= 4 is 34.9 Å². The van der Waals surface area contributed by atoms with E-state index in [0.717, 1.165) is 0 Å². The molecule has 2 rings (SSSR count). The fourth-order valence-corrected chi connectivity index (χ4v) is 2.35. The molecule has 1 aliphatic rings. The van der Waals surface area contributed by atoms with Gasteiger partial charge in [-0.25, -0.2) is 9.78 Å². The molecule has 0 radical (unpaired) electrons. The van der Waals surface area contributed by atoms with Crippen molar-refractivity contribution in [3.05, 3.63) is 11.2 Å². The Kier molecular flexibility index (Phi) is 4.35. The van der Waals surface area contributed by atoms with Gasteiger partial charge in [-0.05, 0) is 0 Å². The average Bonchev–Trinajstić information content (AvgIpc) is 2.42. The molecule has 0 aliphatic carbocycles. The van der Waals surface area contributed by atoms with Gasteiger partial charge in [0.1, 0.15) is 5.82 Å². The molecule has 0 spiro atoms. The number of nitrogen functional groups attached to an aromatic ring is 2. The number of rotatable bonds is 3. The Morgan fingerprint density at radius 2 is 2.40 bits per heavy atom. The Morgan fingerprint density at radius 1 is 1.65 bits per heavy atom. The van der Waals surface area contributed by atoms with Crippen LogP contribution in [0.3, 0.4) is 0 Å². The number of pyridine rings is 1. The normalized spacial score (nSPS) is 18.9. The van der Waals surface area contributed by atoms with Crippen LogP contribution in [0.4, 0.5) is 22.0 Å². The molecule has 110 valence electrons. The summed E-state index contributed by atoms with van der Waals surface area (Å²) in [5.74, 6) is 0.219. The number of aromatic nitrogens is 1. The monoisotopic (exact) mass is 301 g/mol. The van der Waals surface area contributed by atoms with Crippen molar-refractivity contribution in [1.29, 1.82) is 0 Å². The van der Waals surface area contributed by atoms with E-state index >= 15 is 0 Å². The summed E-state index contributed by atoms with van der Waals surface area (Å²) in [5, 5.41) is 11.3. The van der Waals surface area contributed by atoms with Crippen LogP contribution in [-0.2, 0) is 4.74 Å². The minimum atomic E-state index is -1.09. The van der Waals surface area contributed by atoms with Gasteiger partial charge < -0.3 is 31.5 Å². The van der Waals surface area contributed by atoms with E-state index in [-0.39, 0.29) is 18.5 Å². The van der Waals surface area contributed by atoms with Crippen LogP contribution in [0.5, 0.6) is 0 Å². The first-order chi connectivity index (χ1) is 9.49. The third-order valence-corrected chi connectivity index (χ3v) is 3.29. The maximum Gasteiger partial charge on any atom is 0.404 e. The zero-order chi connectivity index (χ0) is 14.7. The highest BCUT2D eigenvalue weighted by molar-refractivity contribution is 6.34. The highest BCUT2D eigenvalue weighted by atomic mass is 35.5.